The van der Waals surface area contributed by atoms with Gasteiger partial charge in [-0.25, -0.2) is 0 Å². The standard InChI is InChI=1S/C13H15F3O2S/c14-13(15,16)18-11-4-2-10(3-5-11)17-8-12(9-19)6-1-7-12/h2-5,19H,1,6-9H2. The molecule has 2 nitrogen and oxygen atoms in total. The number of ether oxygens (including phenoxy) is 2. The highest BCUT2D eigenvalue weighted by molar-refractivity contribution is 7.80. The molecule has 1 saturated carbocycles. The zero-order chi connectivity index (χ0) is 13.9. The Balaban J connectivity index is 1.88. The molecular weight excluding hydrogens is 277 g/mol. The summed E-state index contributed by atoms with van der Waals surface area (Å²) in [5.41, 5.74) is 0.129. The van der Waals surface area contributed by atoms with Crippen molar-refractivity contribution in [3.05, 3.63) is 24.3 Å². The Kier molecular flexibility index (Phi) is 4.18. The second kappa shape index (κ2) is 5.53. The van der Waals surface area contributed by atoms with Gasteiger partial charge in [0, 0.05) is 5.41 Å². The summed E-state index contributed by atoms with van der Waals surface area (Å²) in [5.74, 6) is 1.07. The smallest absolute Gasteiger partial charge is 0.493 e. The van der Waals surface area contributed by atoms with Crippen molar-refractivity contribution in [1.82, 2.24) is 0 Å². The van der Waals surface area contributed by atoms with Crippen molar-refractivity contribution in [1.29, 1.82) is 0 Å². The molecule has 0 N–H and O–H groups in total. The predicted octanol–water partition coefficient (Wildman–Crippen LogP) is 4.06. The van der Waals surface area contributed by atoms with Crippen LogP contribution in [-0.2, 0) is 0 Å². The maximum Gasteiger partial charge on any atom is 0.573 e. The summed E-state index contributed by atoms with van der Waals surface area (Å²) in [4.78, 5) is 0. The van der Waals surface area contributed by atoms with E-state index in [0.717, 1.165) is 18.6 Å². The summed E-state index contributed by atoms with van der Waals surface area (Å²) in [6.07, 6.45) is -1.30. The molecule has 0 bridgehead atoms. The zero-order valence-corrected chi connectivity index (χ0v) is 11.1. The molecule has 1 fully saturated rings. The van der Waals surface area contributed by atoms with E-state index in [1.54, 1.807) is 0 Å². The fourth-order valence-corrected chi connectivity index (χ4v) is 2.41. The molecule has 0 radical (unpaired) electrons. The molecule has 0 spiro atoms. The molecule has 1 aromatic carbocycles. The SMILES string of the molecule is FC(F)(F)Oc1ccc(OCC2(CS)CCC2)cc1. The Labute approximate surface area is 115 Å². The highest BCUT2D eigenvalue weighted by atomic mass is 32.1. The van der Waals surface area contributed by atoms with Gasteiger partial charge in [-0.2, -0.15) is 12.6 Å². The Morgan fingerprint density at radius 1 is 1.11 bits per heavy atom. The number of benzene rings is 1. The molecule has 19 heavy (non-hydrogen) atoms. The summed E-state index contributed by atoms with van der Waals surface area (Å²) in [6, 6.07) is 5.45. The van der Waals surface area contributed by atoms with Crippen molar-refractivity contribution in [3.8, 4) is 11.5 Å². The number of hydrogen-bond donors (Lipinski definition) is 1. The Bertz CT molecular complexity index is 407. The lowest BCUT2D eigenvalue weighted by atomic mass is 9.71. The maximum atomic E-state index is 12.0. The molecule has 0 amide bonds. The van der Waals surface area contributed by atoms with Gasteiger partial charge in [-0.3, -0.25) is 0 Å². The molecule has 1 aliphatic rings. The number of hydrogen-bond acceptors (Lipinski definition) is 3. The summed E-state index contributed by atoms with van der Waals surface area (Å²) in [6.45, 7) is 0.552. The molecule has 0 aliphatic heterocycles. The third kappa shape index (κ3) is 3.96. The molecule has 1 aromatic rings. The van der Waals surface area contributed by atoms with Crippen LogP contribution >= 0.6 is 12.6 Å². The minimum Gasteiger partial charge on any atom is -0.493 e. The van der Waals surface area contributed by atoms with Gasteiger partial charge in [-0.1, -0.05) is 6.42 Å². The van der Waals surface area contributed by atoms with Crippen LogP contribution in [0.5, 0.6) is 11.5 Å². The summed E-state index contributed by atoms with van der Waals surface area (Å²) < 4.78 is 45.3. The van der Waals surface area contributed by atoms with Gasteiger partial charge in [-0.15, -0.1) is 13.2 Å². The van der Waals surface area contributed by atoms with E-state index in [4.69, 9.17) is 4.74 Å². The summed E-state index contributed by atoms with van der Waals surface area (Å²) in [7, 11) is 0. The molecule has 0 aromatic heterocycles. The van der Waals surface area contributed by atoms with Crippen LogP contribution in [0, 0.1) is 5.41 Å². The van der Waals surface area contributed by atoms with E-state index in [-0.39, 0.29) is 11.2 Å². The lowest BCUT2D eigenvalue weighted by Crippen LogP contribution is -2.37. The van der Waals surface area contributed by atoms with Crippen LogP contribution in [0.2, 0.25) is 0 Å². The van der Waals surface area contributed by atoms with Crippen LogP contribution in [0.25, 0.3) is 0 Å². The minimum absolute atomic E-state index is 0.129. The van der Waals surface area contributed by atoms with Gasteiger partial charge >= 0.3 is 6.36 Å². The van der Waals surface area contributed by atoms with Crippen molar-refractivity contribution in [2.45, 2.75) is 25.6 Å². The molecule has 2 rings (SSSR count). The Hall–Kier alpha value is -1.04. The molecular formula is C13H15F3O2S. The molecule has 106 valence electrons. The number of rotatable bonds is 5. The van der Waals surface area contributed by atoms with E-state index in [9.17, 15) is 13.2 Å². The van der Waals surface area contributed by atoms with Crippen molar-refractivity contribution in [2.24, 2.45) is 5.41 Å². The maximum absolute atomic E-state index is 12.0. The van der Waals surface area contributed by atoms with E-state index in [1.165, 1.54) is 30.7 Å². The monoisotopic (exact) mass is 292 g/mol. The van der Waals surface area contributed by atoms with Gasteiger partial charge in [0.05, 0.1) is 6.61 Å². The van der Waals surface area contributed by atoms with Crippen LogP contribution in [0.1, 0.15) is 19.3 Å². The molecule has 6 heteroatoms. The number of halogens is 3. The largest absolute Gasteiger partial charge is 0.573 e. The van der Waals surface area contributed by atoms with E-state index in [1.807, 2.05) is 0 Å². The first kappa shape index (κ1) is 14.4. The van der Waals surface area contributed by atoms with Gasteiger partial charge in [-0.05, 0) is 42.9 Å². The zero-order valence-electron chi connectivity index (χ0n) is 10.2. The van der Waals surface area contributed by atoms with Crippen molar-refractivity contribution < 1.29 is 22.6 Å². The van der Waals surface area contributed by atoms with Crippen molar-refractivity contribution in [3.63, 3.8) is 0 Å². The molecule has 0 unspecified atom stereocenters. The Morgan fingerprint density at radius 2 is 1.68 bits per heavy atom. The quantitative estimate of drug-likeness (QED) is 0.825. The van der Waals surface area contributed by atoms with E-state index >= 15 is 0 Å². The second-order valence-electron chi connectivity index (χ2n) is 4.82. The Morgan fingerprint density at radius 3 is 2.11 bits per heavy atom. The van der Waals surface area contributed by atoms with Crippen molar-refractivity contribution >= 4 is 12.6 Å². The third-order valence-electron chi connectivity index (χ3n) is 3.35. The molecule has 1 aliphatic carbocycles. The van der Waals surface area contributed by atoms with Crippen LogP contribution in [0.15, 0.2) is 24.3 Å². The summed E-state index contributed by atoms with van der Waals surface area (Å²) >= 11 is 4.32. The minimum atomic E-state index is -4.66. The highest BCUT2D eigenvalue weighted by Crippen LogP contribution is 2.42. The third-order valence-corrected chi connectivity index (χ3v) is 4.02. The normalized spacial score (nSPS) is 17.7. The van der Waals surface area contributed by atoms with E-state index in [0.29, 0.717) is 12.4 Å². The first-order valence-electron chi connectivity index (χ1n) is 6.02. The van der Waals surface area contributed by atoms with E-state index < -0.39 is 6.36 Å². The molecule has 0 atom stereocenters. The fourth-order valence-electron chi connectivity index (χ4n) is 2.00. The van der Waals surface area contributed by atoms with Gasteiger partial charge < -0.3 is 9.47 Å². The number of thiol groups is 1. The van der Waals surface area contributed by atoms with Crippen LogP contribution < -0.4 is 9.47 Å². The highest BCUT2D eigenvalue weighted by Gasteiger charge is 2.36. The lowest BCUT2D eigenvalue weighted by molar-refractivity contribution is -0.274. The lowest BCUT2D eigenvalue weighted by Gasteiger charge is -2.40. The first-order valence-corrected chi connectivity index (χ1v) is 6.65. The second-order valence-corrected chi connectivity index (χ2v) is 5.14. The molecule has 0 heterocycles. The van der Waals surface area contributed by atoms with E-state index in [2.05, 4.69) is 17.4 Å². The molecule has 0 saturated heterocycles. The van der Waals surface area contributed by atoms with Gasteiger partial charge in [0.15, 0.2) is 0 Å². The van der Waals surface area contributed by atoms with Gasteiger partial charge in [0.1, 0.15) is 11.5 Å². The van der Waals surface area contributed by atoms with Crippen molar-refractivity contribution in [2.75, 3.05) is 12.4 Å². The average Bonchev–Trinajstić information content (AvgIpc) is 2.28. The van der Waals surface area contributed by atoms with Crippen LogP contribution in [-0.4, -0.2) is 18.7 Å². The number of alkyl halides is 3. The first-order chi connectivity index (χ1) is 8.92. The van der Waals surface area contributed by atoms with Gasteiger partial charge in [0.2, 0.25) is 0 Å². The van der Waals surface area contributed by atoms with Crippen LogP contribution in [0.3, 0.4) is 0 Å². The summed E-state index contributed by atoms with van der Waals surface area (Å²) in [5, 5.41) is 0. The van der Waals surface area contributed by atoms with Gasteiger partial charge in [0.25, 0.3) is 0 Å². The average molecular weight is 292 g/mol. The fraction of sp³-hybridized carbons (Fsp3) is 0.538. The topological polar surface area (TPSA) is 18.5 Å². The predicted molar refractivity (Wildman–Crippen MR) is 68.8 cm³/mol. The van der Waals surface area contributed by atoms with Crippen LogP contribution in [0.4, 0.5) is 13.2 Å².